The normalized spacial score (nSPS) is 13.1. The van der Waals surface area contributed by atoms with Gasteiger partial charge in [-0.1, -0.05) is 0 Å². The van der Waals surface area contributed by atoms with E-state index in [1.165, 1.54) is 28.9 Å². The van der Waals surface area contributed by atoms with Crippen LogP contribution in [0, 0.1) is 34.9 Å². The van der Waals surface area contributed by atoms with Crippen LogP contribution in [0.2, 0.25) is 0 Å². The summed E-state index contributed by atoms with van der Waals surface area (Å²) in [6.45, 7) is 0. The zero-order valence-corrected chi connectivity index (χ0v) is 15.7. The molecule has 2 N–H and O–H groups in total. The van der Waals surface area contributed by atoms with Crippen molar-refractivity contribution in [2.45, 2.75) is 25.7 Å². The predicted molar refractivity (Wildman–Crippen MR) is 97.5 cm³/mol. The third-order valence-corrected chi connectivity index (χ3v) is 4.98. The number of benzene rings is 2. The Labute approximate surface area is 171 Å². The highest BCUT2D eigenvalue weighted by Crippen LogP contribution is 2.28. The molecule has 3 aromatic rings. The number of carbonyl (C=O) groups excluding carboxylic acids is 1. The SMILES string of the molecule is O=C(NNc1c(F)c(F)c(F)c(F)c1F)c1nn(-c2ccc(F)cc2)c2c1CCCC2. The topological polar surface area (TPSA) is 59.0 Å². The summed E-state index contributed by atoms with van der Waals surface area (Å²) in [7, 11) is 0. The molecule has 5 nitrogen and oxygen atoms in total. The lowest BCUT2D eigenvalue weighted by molar-refractivity contribution is 0.0956. The number of halogens is 6. The quantitative estimate of drug-likeness (QED) is 0.275. The van der Waals surface area contributed by atoms with Crippen molar-refractivity contribution in [3.8, 4) is 5.69 Å². The number of carbonyl (C=O) groups is 1. The maximum atomic E-state index is 13.8. The van der Waals surface area contributed by atoms with Gasteiger partial charge in [0, 0.05) is 11.3 Å². The number of fused-ring (bicyclic) bond motifs is 1. The second kappa shape index (κ2) is 7.97. The van der Waals surface area contributed by atoms with E-state index in [-0.39, 0.29) is 5.69 Å². The zero-order chi connectivity index (χ0) is 22.3. The van der Waals surface area contributed by atoms with Crippen molar-refractivity contribution in [3.63, 3.8) is 0 Å². The van der Waals surface area contributed by atoms with E-state index >= 15 is 0 Å². The van der Waals surface area contributed by atoms with Gasteiger partial charge in [0.05, 0.1) is 5.69 Å². The molecule has 0 unspecified atom stereocenters. The fourth-order valence-electron chi connectivity index (χ4n) is 3.47. The van der Waals surface area contributed by atoms with Crippen LogP contribution in [0.5, 0.6) is 0 Å². The molecule has 1 heterocycles. The van der Waals surface area contributed by atoms with Gasteiger partial charge in [0.2, 0.25) is 5.82 Å². The number of hydrazine groups is 1. The summed E-state index contributed by atoms with van der Waals surface area (Å²) in [5.74, 6) is -12.2. The number of hydrogen-bond acceptors (Lipinski definition) is 3. The smallest absolute Gasteiger partial charge is 0.290 e. The molecule has 1 amide bonds. The average molecular weight is 440 g/mol. The third kappa shape index (κ3) is 3.60. The lowest BCUT2D eigenvalue weighted by Gasteiger charge is -2.14. The first-order valence-corrected chi connectivity index (χ1v) is 9.24. The van der Waals surface area contributed by atoms with Crippen LogP contribution in [0.4, 0.5) is 32.0 Å². The van der Waals surface area contributed by atoms with Crippen LogP contribution in [0.15, 0.2) is 24.3 Å². The Kier molecular flexibility index (Phi) is 5.34. The van der Waals surface area contributed by atoms with Gasteiger partial charge in [-0.15, -0.1) is 0 Å². The van der Waals surface area contributed by atoms with E-state index in [9.17, 15) is 31.1 Å². The van der Waals surface area contributed by atoms with Crippen LogP contribution < -0.4 is 10.9 Å². The van der Waals surface area contributed by atoms with Gasteiger partial charge in [-0.2, -0.15) is 5.10 Å². The van der Waals surface area contributed by atoms with Gasteiger partial charge in [-0.3, -0.25) is 15.6 Å². The molecule has 1 aliphatic rings. The lowest BCUT2D eigenvalue weighted by atomic mass is 9.95. The number of nitrogens with zero attached hydrogens (tertiary/aromatic N) is 2. The van der Waals surface area contributed by atoms with Crippen LogP contribution in [0.25, 0.3) is 5.69 Å². The van der Waals surface area contributed by atoms with E-state index in [1.807, 2.05) is 5.43 Å². The Hall–Kier alpha value is -3.50. The number of amides is 1. The predicted octanol–water partition coefficient (Wildman–Crippen LogP) is 4.34. The van der Waals surface area contributed by atoms with Crippen molar-refractivity contribution >= 4 is 11.6 Å². The van der Waals surface area contributed by atoms with E-state index in [0.717, 1.165) is 18.5 Å². The standard InChI is InChI=1S/C20H14F6N4O/c21-9-5-7-10(8-6-9)30-12-4-2-1-3-11(12)18(29-30)20(31)28-27-19-16(25)14(23)13(22)15(24)17(19)26/h5-8,27H,1-4H2,(H,28,31). The van der Waals surface area contributed by atoms with E-state index < -0.39 is 46.5 Å². The van der Waals surface area contributed by atoms with Gasteiger partial charge in [-0.25, -0.2) is 31.0 Å². The Morgan fingerprint density at radius 2 is 1.42 bits per heavy atom. The maximum Gasteiger partial charge on any atom is 0.290 e. The molecule has 0 saturated carbocycles. The molecule has 0 saturated heterocycles. The first-order chi connectivity index (χ1) is 14.8. The number of rotatable bonds is 4. The van der Waals surface area contributed by atoms with Crippen LogP contribution in [0.1, 0.15) is 34.6 Å². The van der Waals surface area contributed by atoms with Crippen LogP contribution in [-0.4, -0.2) is 15.7 Å². The largest absolute Gasteiger partial charge is 0.293 e. The minimum atomic E-state index is -2.31. The second-order valence-corrected chi connectivity index (χ2v) is 6.89. The molecular weight excluding hydrogens is 426 g/mol. The molecule has 1 aliphatic carbocycles. The summed E-state index contributed by atoms with van der Waals surface area (Å²) in [5, 5.41) is 4.24. The number of aromatic nitrogens is 2. The lowest BCUT2D eigenvalue weighted by Crippen LogP contribution is -2.32. The summed E-state index contributed by atoms with van der Waals surface area (Å²) in [5.41, 5.74) is 4.04. The molecule has 0 spiro atoms. The Bertz CT molecular complexity index is 1150. The minimum absolute atomic E-state index is 0.0737. The van der Waals surface area contributed by atoms with E-state index in [2.05, 4.69) is 5.10 Å². The van der Waals surface area contributed by atoms with Crippen molar-refractivity contribution in [2.24, 2.45) is 0 Å². The Morgan fingerprint density at radius 1 is 0.839 bits per heavy atom. The van der Waals surface area contributed by atoms with E-state index in [1.54, 1.807) is 5.43 Å². The van der Waals surface area contributed by atoms with Crippen molar-refractivity contribution in [3.05, 3.63) is 76.1 Å². The van der Waals surface area contributed by atoms with Crippen molar-refractivity contribution < 1.29 is 31.1 Å². The number of hydrogen-bond donors (Lipinski definition) is 2. The van der Waals surface area contributed by atoms with E-state index in [4.69, 9.17) is 0 Å². The fraction of sp³-hybridized carbons (Fsp3) is 0.200. The highest BCUT2D eigenvalue weighted by Gasteiger charge is 2.28. The second-order valence-electron chi connectivity index (χ2n) is 6.89. The van der Waals surface area contributed by atoms with Gasteiger partial charge in [0.25, 0.3) is 5.91 Å². The molecule has 11 heteroatoms. The summed E-state index contributed by atoms with van der Waals surface area (Å²) < 4.78 is 82.2. The molecule has 0 atom stereocenters. The van der Waals surface area contributed by atoms with Crippen LogP contribution in [-0.2, 0) is 12.8 Å². The van der Waals surface area contributed by atoms with Gasteiger partial charge in [-0.05, 0) is 49.9 Å². The molecule has 0 bridgehead atoms. The average Bonchev–Trinajstić information content (AvgIpc) is 3.16. The van der Waals surface area contributed by atoms with Crippen LogP contribution >= 0.6 is 0 Å². The Balaban J connectivity index is 1.65. The van der Waals surface area contributed by atoms with Crippen molar-refractivity contribution in [1.29, 1.82) is 0 Å². The summed E-state index contributed by atoms with van der Waals surface area (Å²) in [4.78, 5) is 12.6. The van der Waals surface area contributed by atoms with Gasteiger partial charge in [0.1, 0.15) is 11.5 Å². The number of nitrogens with one attached hydrogen (secondary N) is 2. The molecule has 4 rings (SSSR count). The summed E-state index contributed by atoms with van der Waals surface area (Å²) in [6.07, 6.45) is 2.71. The highest BCUT2D eigenvalue weighted by molar-refractivity contribution is 5.95. The third-order valence-electron chi connectivity index (χ3n) is 4.98. The first kappa shape index (κ1) is 20.8. The molecular formula is C20H14F6N4O. The Morgan fingerprint density at radius 3 is 2.06 bits per heavy atom. The van der Waals surface area contributed by atoms with Gasteiger partial charge >= 0.3 is 0 Å². The molecule has 0 radical (unpaired) electrons. The van der Waals surface area contributed by atoms with Crippen LogP contribution in [0.3, 0.4) is 0 Å². The van der Waals surface area contributed by atoms with Crippen molar-refractivity contribution in [2.75, 3.05) is 5.43 Å². The summed E-state index contributed by atoms with van der Waals surface area (Å²) in [6, 6.07) is 5.42. The van der Waals surface area contributed by atoms with Gasteiger partial charge in [0.15, 0.2) is 29.0 Å². The number of anilines is 1. The zero-order valence-electron chi connectivity index (χ0n) is 15.7. The first-order valence-electron chi connectivity index (χ1n) is 9.24. The van der Waals surface area contributed by atoms with Gasteiger partial charge < -0.3 is 0 Å². The molecule has 31 heavy (non-hydrogen) atoms. The van der Waals surface area contributed by atoms with Crippen molar-refractivity contribution in [1.82, 2.24) is 15.2 Å². The highest BCUT2D eigenvalue weighted by atomic mass is 19.2. The summed E-state index contributed by atoms with van der Waals surface area (Å²) >= 11 is 0. The molecule has 0 aliphatic heterocycles. The molecule has 162 valence electrons. The maximum absolute atomic E-state index is 13.8. The van der Waals surface area contributed by atoms with E-state index in [0.29, 0.717) is 24.1 Å². The molecule has 0 fully saturated rings. The molecule has 1 aromatic heterocycles. The molecule has 2 aromatic carbocycles. The fourth-order valence-corrected chi connectivity index (χ4v) is 3.47. The monoisotopic (exact) mass is 440 g/mol. The minimum Gasteiger partial charge on any atom is -0.293 e.